The molecule has 2 nitrogen and oxygen atoms in total. The van der Waals surface area contributed by atoms with Crippen LogP contribution in [0.1, 0.15) is 24.3 Å². The first kappa shape index (κ1) is 12.4. The quantitative estimate of drug-likeness (QED) is 0.813. The molecule has 3 rings (SSSR count). The van der Waals surface area contributed by atoms with E-state index in [0.29, 0.717) is 5.92 Å². The number of thioether (sulfide) groups is 1. The molecule has 3 heteroatoms. The smallest absolute Gasteiger partial charge is 0.123 e. The summed E-state index contributed by atoms with van der Waals surface area (Å²) in [6, 6.07) is 6.47. The van der Waals surface area contributed by atoms with Crippen LogP contribution >= 0.6 is 11.8 Å². The van der Waals surface area contributed by atoms with Crippen LogP contribution in [0.4, 0.5) is 0 Å². The molecule has 1 saturated heterocycles. The van der Waals surface area contributed by atoms with E-state index >= 15 is 0 Å². The number of hydrogen-bond acceptors (Lipinski definition) is 3. The lowest BCUT2D eigenvalue weighted by Crippen LogP contribution is -2.35. The molecule has 0 bridgehead atoms. The highest BCUT2D eigenvalue weighted by molar-refractivity contribution is 7.99. The van der Waals surface area contributed by atoms with Gasteiger partial charge < -0.3 is 9.64 Å². The molecule has 0 N–H and O–H groups in total. The highest BCUT2D eigenvalue weighted by atomic mass is 32.2. The van der Waals surface area contributed by atoms with E-state index in [0.717, 1.165) is 11.7 Å². The normalized spacial score (nSPS) is 28.1. The SMILES string of the molecule is COc1cccc2c1C(C1CCCN(C)C1)CS2. The summed E-state index contributed by atoms with van der Waals surface area (Å²) in [4.78, 5) is 3.92. The van der Waals surface area contributed by atoms with Crippen LogP contribution in [0.3, 0.4) is 0 Å². The summed E-state index contributed by atoms with van der Waals surface area (Å²) in [6.07, 6.45) is 2.71. The second kappa shape index (κ2) is 5.14. The van der Waals surface area contributed by atoms with Crippen LogP contribution in [0.15, 0.2) is 23.1 Å². The molecule has 1 aromatic carbocycles. The number of rotatable bonds is 2. The summed E-state index contributed by atoms with van der Waals surface area (Å²) in [7, 11) is 4.04. The number of likely N-dealkylation sites (tertiary alicyclic amines) is 1. The molecule has 2 aliphatic rings. The van der Waals surface area contributed by atoms with Gasteiger partial charge in [-0.15, -0.1) is 11.8 Å². The molecule has 1 aromatic rings. The van der Waals surface area contributed by atoms with E-state index in [9.17, 15) is 0 Å². The van der Waals surface area contributed by atoms with E-state index in [-0.39, 0.29) is 0 Å². The Morgan fingerprint density at radius 2 is 2.28 bits per heavy atom. The average Bonchev–Trinajstić information content (AvgIpc) is 2.82. The van der Waals surface area contributed by atoms with Crippen molar-refractivity contribution in [2.75, 3.05) is 33.0 Å². The van der Waals surface area contributed by atoms with Gasteiger partial charge in [-0.3, -0.25) is 0 Å². The first-order valence-electron chi connectivity index (χ1n) is 6.78. The highest BCUT2D eigenvalue weighted by Crippen LogP contribution is 2.49. The Kier molecular flexibility index (Phi) is 3.53. The lowest BCUT2D eigenvalue weighted by atomic mass is 9.82. The standard InChI is InChI=1S/C15H21NOS/c1-16-8-4-5-11(9-16)12-10-18-14-7-3-6-13(17-2)15(12)14/h3,6-7,11-12H,4-5,8-10H2,1-2H3. The molecule has 2 heterocycles. The van der Waals surface area contributed by atoms with Gasteiger partial charge >= 0.3 is 0 Å². The summed E-state index contributed by atoms with van der Waals surface area (Å²) in [6.45, 7) is 2.50. The van der Waals surface area contributed by atoms with E-state index in [2.05, 4.69) is 30.1 Å². The Labute approximate surface area is 114 Å². The Hall–Kier alpha value is -0.670. The van der Waals surface area contributed by atoms with E-state index < -0.39 is 0 Å². The van der Waals surface area contributed by atoms with Crippen LogP contribution in [0.25, 0.3) is 0 Å². The zero-order valence-corrected chi connectivity index (χ0v) is 12.0. The van der Waals surface area contributed by atoms with Gasteiger partial charge in [0.15, 0.2) is 0 Å². The number of benzene rings is 1. The van der Waals surface area contributed by atoms with Crippen LogP contribution in [0.5, 0.6) is 5.75 Å². The van der Waals surface area contributed by atoms with E-state index in [4.69, 9.17) is 4.74 Å². The van der Waals surface area contributed by atoms with Crippen LogP contribution in [0, 0.1) is 5.92 Å². The van der Waals surface area contributed by atoms with Gasteiger partial charge in [0.1, 0.15) is 5.75 Å². The molecule has 2 unspecified atom stereocenters. The molecule has 0 amide bonds. The third kappa shape index (κ3) is 2.14. The highest BCUT2D eigenvalue weighted by Gasteiger charge is 2.34. The first-order valence-corrected chi connectivity index (χ1v) is 7.76. The van der Waals surface area contributed by atoms with Crippen LogP contribution in [-0.2, 0) is 0 Å². The topological polar surface area (TPSA) is 12.5 Å². The maximum Gasteiger partial charge on any atom is 0.123 e. The van der Waals surface area contributed by atoms with Gasteiger partial charge in [0.05, 0.1) is 7.11 Å². The molecule has 1 fully saturated rings. The van der Waals surface area contributed by atoms with Crippen molar-refractivity contribution in [2.24, 2.45) is 5.92 Å². The molecular weight excluding hydrogens is 242 g/mol. The Morgan fingerprint density at radius 3 is 3.06 bits per heavy atom. The van der Waals surface area contributed by atoms with Crippen molar-refractivity contribution >= 4 is 11.8 Å². The van der Waals surface area contributed by atoms with Gasteiger partial charge in [0.2, 0.25) is 0 Å². The number of methoxy groups -OCH3 is 1. The Bertz CT molecular complexity index is 435. The van der Waals surface area contributed by atoms with Crippen LogP contribution < -0.4 is 4.74 Å². The third-order valence-electron chi connectivity index (χ3n) is 4.27. The Morgan fingerprint density at radius 1 is 1.39 bits per heavy atom. The summed E-state index contributed by atoms with van der Waals surface area (Å²) >= 11 is 2.00. The molecule has 0 aliphatic carbocycles. The molecule has 0 aromatic heterocycles. The largest absolute Gasteiger partial charge is 0.496 e. The Balaban J connectivity index is 1.89. The molecule has 0 spiro atoms. The van der Waals surface area contributed by atoms with Crippen molar-refractivity contribution < 1.29 is 4.74 Å². The summed E-state index contributed by atoms with van der Waals surface area (Å²) in [5.41, 5.74) is 1.48. The van der Waals surface area contributed by atoms with Gasteiger partial charge in [-0.25, -0.2) is 0 Å². The van der Waals surface area contributed by atoms with E-state index in [1.807, 2.05) is 11.8 Å². The fourth-order valence-electron chi connectivity index (χ4n) is 3.36. The lowest BCUT2D eigenvalue weighted by molar-refractivity contribution is 0.192. The van der Waals surface area contributed by atoms with Crippen molar-refractivity contribution in [3.63, 3.8) is 0 Å². The number of nitrogens with zero attached hydrogens (tertiary/aromatic N) is 1. The van der Waals surface area contributed by atoms with Crippen molar-refractivity contribution in [1.82, 2.24) is 4.90 Å². The monoisotopic (exact) mass is 263 g/mol. The zero-order valence-electron chi connectivity index (χ0n) is 11.2. The van der Waals surface area contributed by atoms with E-state index in [1.165, 1.54) is 42.1 Å². The minimum atomic E-state index is 0.684. The second-order valence-electron chi connectivity index (χ2n) is 5.45. The van der Waals surface area contributed by atoms with Crippen molar-refractivity contribution in [3.8, 4) is 5.75 Å². The average molecular weight is 263 g/mol. The molecule has 2 atom stereocenters. The van der Waals surface area contributed by atoms with Gasteiger partial charge in [0.25, 0.3) is 0 Å². The van der Waals surface area contributed by atoms with Crippen molar-refractivity contribution in [1.29, 1.82) is 0 Å². The molecule has 18 heavy (non-hydrogen) atoms. The predicted molar refractivity (Wildman–Crippen MR) is 76.7 cm³/mol. The molecule has 0 saturated carbocycles. The minimum absolute atomic E-state index is 0.684. The summed E-state index contributed by atoms with van der Waals surface area (Å²) in [5.74, 6) is 3.81. The minimum Gasteiger partial charge on any atom is -0.496 e. The summed E-state index contributed by atoms with van der Waals surface area (Å²) < 4.78 is 5.58. The third-order valence-corrected chi connectivity index (χ3v) is 5.46. The molecule has 0 radical (unpaired) electrons. The number of piperidine rings is 1. The number of hydrogen-bond donors (Lipinski definition) is 0. The molecular formula is C15H21NOS. The molecule has 2 aliphatic heterocycles. The van der Waals surface area contributed by atoms with Crippen LogP contribution in [0.2, 0.25) is 0 Å². The fraction of sp³-hybridized carbons (Fsp3) is 0.600. The zero-order chi connectivity index (χ0) is 12.5. The first-order chi connectivity index (χ1) is 8.79. The van der Waals surface area contributed by atoms with Crippen molar-refractivity contribution in [2.45, 2.75) is 23.7 Å². The maximum atomic E-state index is 5.58. The van der Waals surface area contributed by atoms with Gasteiger partial charge in [0, 0.05) is 28.7 Å². The van der Waals surface area contributed by atoms with Crippen molar-refractivity contribution in [3.05, 3.63) is 23.8 Å². The second-order valence-corrected chi connectivity index (χ2v) is 6.52. The summed E-state index contributed by atoms with van der Waals surface area (Å²) in [5, 5.41) is 0. The fourth-order valence-corrected chi connectivity index (χ4v) is 4.74. The number of fused-ring (bicyclic) bond motifs is 1. The number of ether oxygens (including phenoxy) is 1. The van der Waals surface area contributed by atoms with Gasteiger partial charge in [-0.05, 0) is 44.5 Å². The molecule has 98 valence electrons. The van der Waals surface area contributed by atoms with Crippen LogP contribution in [-0.4, -0.2) is 37.9 Å². The lowest BCUT2D eigenvalue weighted by Gasteiger charge is -2.33. The van der Waals surface area contributed by atoms with Gasteiger partial charge in [-0.2, -0.15) is 0 Å². The van der Waals surface area contributed by atoms with Gasteiger partial charge in [-0.1, -0.05) is 6.07 Å². The predicted octanol–water partition coefficient (Wildman–Crippen LogP) is 3.23. The van der Waals surface area contributed by atoms with E-state index in [1.54, 1.807) is 7.11 Å². The maximum absolute atomic E-state index is 5.58.